The van der Waals surface area contributed by atoms with Gasteiger partial charge in [0.05, 0.1) is 13.7 Å². The minimum absolute atomic E-state index is 0.00279. The van der Waals surface area contributed by atoms with E-state index < -0.39 is 0 Å². The third-order valence-corrected chi connectivity index (χ3v) is 4.91. The third-order valence-electron chi connectivity index (χ3n) is 4.91. The smallest absolute Gasteiger partial charge is 0.181 e. The number of nitrogens with zero attached hydrogens (tertiary/aromatic N) is 1. The number of benzene rings is 2. The first-order chi connectivity index (χ1) is 15.4. The van der Waals surface area contributed by atoms with Crippen molar-refractivity contribution >= 4 is 11.6 Å². The van der Waals surface area contributed by atoms with Crippen LogP contribution in [0.2, 0.25) is 0 Å². The maximum absolute atomic E-state index is 13.6. The molecule has 0 unspecified atom stereocenters. The number of hydrogen-bond donors (Lipinski definition) is 1. The largest absolute Gasteiger partial charge is 0.494 e. The summed E-state index contributed by atoms with van der Waals surface area (Å²) in [5, 5.41) is 8.78. The molecule has 0 aliphatic heterocycles. The van der Waals surface area contributed by atoms with Gasteiger partial charge >= 0.3 is 0 Å². The van der Waals surface area contributed by atoms with Crippen LogP contribution >= 0.6 is 0 Å². The Bertz CT molecular complexity index is 1110. The highest BCUT2D eigenvalue weighted by Gasteiger charge is 2.16. The SMILES string of the molecule is COc1ccc(C(=O)CCC(=O)c2ccc(OCCO)cc2)nc1-c1ccc(F)c(C)c1. The molecule has 3 aromatic rings. The van der Waals surface area contributed by atoms with E-state index in [0.717, 1.165) is 0 Å². The van der Waals surface area contributed by atoms with E-state index in [4.69, 9.17) is 14.6 Å². The number of aromatic nitrogens is 1. The van der Waals surface area contributed by atoms with Crippen molar-refractivity contribution in [1.82, 2.24) is 4.98 Å². The predicted octanol–water partition coefficient (Wildman–Crippen LogP) is 4.42. The van der Waals surface area contributed by atoms with E-state index in [1.54, 1.807) is 55.5 Å². The first-order valence-corrected chi connectivity index (χ1v) is 10.1. The van der Waals surface area contributed by atoms with Crippen molar-refractivity contribution in [3.8, 4) is 22.8 Å². The van der Waals surface area contributed by atoms with E-state index in [0.29, 0.717) is 33.9 Å². The zero-order valence-corrected chi connectivity index (χ0v) is 17.9. The Kier molecular flexibility index (Phi) is 7.68. The van der Waals surface area contributed by atoms with Gasteiger partial charge in [-0.25, -0.2) is 9.37 Å². The number of pyridine rings is 1. The number of halogens is 1. The van der Waals surface area contributed by atoms with Crippen LogP contribution in [0, 0.1) is 12.7 Å². The first-order valence-electron chi connectivity index (χ1n) is 10.1. The van der Waals surface area contributed by atoms with Gasteiger partial charge in [0, 0.05) is 24.0 Å². The molecule has 0 bridgehead atoms. The van der Waals surface area contributed by atoms with E-state index >= 15 is 0 Å². The molecule has 0 amide bonds. The summed E-state index contributed by atoms with van der Waals surface area (Å²) in [6.07, 6.45) is 0.0389. The molecule has 0 aliphatic carbocycles. The Morgan fingerprint density at radius 2 is 1.72 bits per heavy atom. The monoisotopic (exact) mass is 437 g/mol. The molecule has 0 spiro atoms. The van der Waals surface area contributed by atoms with Gasteiger partial charge in [0.25, 0.3) is 0 Å². The minimum atomic E-state index is -0.327. The van der Waals surface area contributed by atoms with Crippen LogP contribution in [0.1, 0.15) is 39.3 Å². The fourth-order valence-electron chi connectivity index (χ4n) is 3.17. The standard InChI is InChI=1S/C25H24FNO5/c1-16-15-18(5-8-20(16)26)25-24(31-2)12-9-21(27-25)23(30)11-10-22(29)17-3-6-19(7-4-17)32-14-13-28/h3-9,12,15,28H,10-11,13-14H2,1-2H3. The van der Waals surface area contributed by atoms with Crippen molar-refractivity contribution in [2.45, 2.75) is 19.8 Å². The highest BCUT2D eigenvalue weighted by molar-refractivity contribution is 6.01. The lowest BCUT2D eigenvalue weighted by molar-refractivity contribution is 0.0915. The Labute approximate surface area is 185 Å². The van der Waals surface area contributed by atoms with E-state index in [-0.39, 0.29) is 49.1 Å². The molecule has 32 heavy (non-hydrogen) atoms. The molecule has 0 radical (unpaired) electrons. The Balaban J connectivity index is 1.71. The number of aliphatic hydroxyl groups is 1. The van der Waals surface area contributed by atoms with Gasteiger partial charge in [-0.15, -0.1) is 0 Å². The fourth-order valence-corrected chi connectivity index (χ4v) is 3.17. The van der Waals surface area contributed by atoms with Gasteiger partial charge < -0.3 is 14.6 Å². The number of hydrogen-bond acceptors (Lipinski definition) is 6. The molecule has 0 fully saturated rings. The van der Waals surface area contributed by atoms with Crippen LogP contribution in [0.4, 0.5) is 4.39 Å². The molecule has 1 heterocycles. The number of ether oxygens (including phenoxy) is 2. The van der Waals surface area contributed by atoms with Crippen LogP contribution in [-0.4, -0.2) is 42.0 Å². The number of methoxy groups -OCH3 is 1. The number of carbonyl (C=O) groups excluding carboxylic acids is 2. The van der Waals surface area contributed by atoms with Gasteiger partial charge in [0.15, 0.2) is 11.6 Å². The zero-order chi connectivity index (χ0) is 23.1. The molecule has 0 atom stereocenters. The van der Waals surface area contributed by atoms with Crippen LogP contribution in [0.5, 0.6) is 11.5 Å². The molecular weight excluding hydrogens is 413 g/mol. The van der Waals surface area contributed by atoms with E-state index in [2.05, 4.69) is 4.98 Å². The molecule has 2 aromatic carbocycles. The van der Waals surface area contributed by atoms with Crippen LogP contribution in [0.3, 0.4) is 0 Å². The summed E-state index contributed by atoms with van der Waals surface area (Å²) >= 11 is 0. The summed E-state index contributed by atoms with van der Waals surface area (Å²) in [5.41, 5.74) is 2.21. The molecular formula is C25H24FNO5. The molecule has 0 saturated carbocycles. The second kappa shape index (κ2) is 10.6. The van der Waals surface area contributed by atoms with E-state index in [9.17, 15) is 14.0 Å². The average molecular weight is 437 g/mol. The summed E-state index contributed by atoms with van der Waals surface area (Å²) < 4.78 is 24.3. The number of rotatable bonds is 10. The van der Waals surface area contributed by atoms with Gasteiger partial charge in [0.1, 0.15) is 35.3 Å². The van der Waals surface area contributed by atoms with Crippen LogP contribution in [0.25, 0.3) is 11.3 Å². The Hall–Kier alpha value is -3.58. The fraction of sp³-hybridized carbons (Fsp3) is 0.240. The number of Topliss-reactive ketones (excluding diaryl/α,β-unsaturated/α-hetero) is 2. The highest BCUT2D eigenvalue weighted by atomic mass is 19.1. The van der Waals surface area contributed by atoms with Crippen molar-refractivity contribution in [1.29, 1.82) is 0 Å². The van der Waals surface area contributed by atoms with Gasteiger partial charge in [-0.2, -0.15) is 0 Å². The van der Waals surface area contributed by atoms with Crippen LogP contribution < -0.4 is 9.47 Å². The maximum atomic E-state index is 13.6. The molecule has 1 aromatic heterocycles. The minimum Gasteiger partial charge on any atom is -0.494 e. The van der Waals surface area contributed by atoms with Crippen molar-refractivity contribution in [3.05, 3.63) is 77.2 Å². The summed E-state index contributed by atoms with van der Waals surface area (Å²) in [4.78, 5) is 29.6. The number of aliphatic hydroxyl groups excluding tert-OH is 1. The van der Waals surface area contributed by atoms with Crippen molar-refractivity contribution in [2.75, 3.05) is 20.3 Å². The van der Waals surface area contributed by atoms with Crippen molar-refractivity contribution in [3.63, 3.8) is 0 Å². The van der Waals surface area contributed by atoms with Gasteiger partial charge in [-0.1, -0.05) is 0 Å². The van der Waals surface area contributed by atoms with E-state index in [1.165, 1.54) is 13.2 Å². The molecule has 7 heteroatoms. The van der Waals surface area contributed by atoms with E-state index in [1.807, 2.05) is 0 Å². The highest BCUT2D eigenvalue weighted by Crippen LogP contribution is 2.29. The van der Waals surface area contributed by atoms with Gasteiger partial charge in [0.2, 0.25) is 0 Å². The second-order valence-electron chi connectivity index (χ2n) is 7.15. The third kappa shape index (κ3) is 5.56. The normalized spacial score (nSPS) is 10.6. The summed E-state index contributed by atoms with van der Waals surface area (Å²) in [6, 6.07) is 14.3. The summed E-state index contributed by atoms with van der Waals surface area (Å²) in [6.45, 7) is 1.73. The average Bonchev–Trinajstić information content (AvgIpc) is 2.82. The topological polar surface area (TPSA) is 85.7 Å². The molecule has 166 valence electrons. The van der Waals surface area contributed by atoms with Crippen molar-refractivity contribution < 1.29 is 28.6 Å². The van der Waals surface area contributed by atoms with Gasteiger partial charge in [-0.05, 0) is 67.1 Å². The first kappa shape index (κ1) is 23.1. The quantitative estimate of drug-likeness (QED) is 0.473. The molecule has 6 nitrogen and oxygen atoms in total. The van der Waals surface area contributed by atoms with Crippen LogP contribution in [-0.2, 0) is 0 Å². The molecule has 0 saturated heterocycles. The second-order valence-corrected chi connectivity index (χ2v) is 7.15. The zero-order valence-electron chi connectivity index (χ0n) is 17.9. The number of aryl methyl sites for hydroxylation is 1. The molecule has 1 N–H and O–H groups in total. The Morgan fingerprint density at radius 3 is 2.38 bits per heavy atom. The summed E-state index contributed by atoms with van der Waals surface area (Å²) in [7, 11) is 1.50. The maximum Gasteiger partial charge on any atom is 0.181 e. The number of carbonyl (C=O) groups is 2. The Morgan fingerprint density at radius 1 is 1.00 bits per heavy atom. The lowest BCUT2D eigenvalue weighted by atomic mass is 10.0. The lowest BCUT2D eigenvalue weighted by Gasteiger charge is -2.11. The van der Waals surface area contributed by atoms with Crippen molar-refractivity contribution in [2.24, 2.45) is 0 Å². The van der Waals surface area contributed by atoms with Crippen LogP contribution in [0.15, 0.2) is 54.6 Å². The predicted molar refractivity (Wildman–Crippen MR) is 118 cm³/mol. The summed E-state index contributed by atoms with van der Waals surface area (Å²) in [5.74, 6) is 0.246. The lowest BCUT2D eigenvalue weighted by Crippen LogP contribution is -2.08. The molecule has 0 aliphatic rings. The van der Waals surface area contributed by atoms with Gasteiger partial charge in [-0.3, -0.25) is 9.59 Å². The number of ketones is 2. The molecule has 3 rings (SSSR count).